The van der Waals surface area contributed by atoms with Gasteiger partial charge >= 0.3 is 0 Å². The van der Waals surface area contributed by atoms with E-state index in [1.165, 1.54) is 32.1 Å². The first-order valence-electron chi connectivity index (χ1n) is 6.64. The molecule has 1 aliphatic rings. The molecule has 0 aromatic carbocycles. The van der Waals surface area contributed by atoms with Crippen molar-refractivity contribution in [3.05, 3.63) is 11.6 Å². The van der Waals surface area contributed by atoms with E-state index in [4.69, 9.17) is 14.5 Å². The second-order valence-corrected chi connectivity index (χ2v) is 5.55. The number of ether oxygens (including phenoxy) is 1. The van der Waals surface area contributed by atoms with Gasteiger partial charge in [0, 0.05) is 6.61 Å². The van der Waals surface area contributed by atoms with Crippen LogP contribution in [0.1, 0.15) is 59.3 Å². The van der Waals surface area contributed by atoms with Gasteiger partial charge in [0.15, 0.2) is 6.79 Å². The van der Waals surface area contributed by atoms with E-state index in [0.29, 0.717) is 0 Å². The van der Waals surface area contributed by atoms with E-state index in [1.54, 1.807) is 5.57 Å². The molecule has 0 N–H and O–H groups in total. The Morgan fingerprint density at radius 1 is 1.24 bits per heavy atom. The molecule has 0 saturated heterocycles. The van der Waals surface area contributed by atoms with Gasteiger partial charge in [-0.15, -0.1) is 0 Å². The summed E-state index contributed by atoms with van der Waals surface area (Å²) in [6, 6.07) is 0. The molecule has 0 spiro atoms. The Hall–Kier alpha value is -0.380. The number of hydrogen-bond donors (Lipinski definition) is 0. The largest absolute Gasteiger partial charge is 0.352 e. The second kappa shape index (κ2) is 7.85. The van der Waals surface area contributed by atoms with Gasteiger partial charge in [-0.25, -0.2) is 9.78 Å². The van der Waals surface area contributed by atoms with Crippen LogP contribution in [0.2, 0.25) is 0 Å². The van der Waals surface area contributed by atoms with Crippen LogP contribution in [0.4, 0.5) is 0 Å². The zero-order chi connectivity index (χ0) is 12.6. The summed E-state index contributed by atoms with van der Waals surface area (Å²) < 4.78 is 5.35. The van der Waals surface area contributed by atoms with Gasteiger partial charge in [0.05, 0.1) is 5.60 Å². The fraction of sp³-hybridized carbons (Fsp3) is 0.857. The van der Waals surface area contributed by atoms with Gasteiger partial charge in [0.25, 0.3) is 0 Å². The molecule has 0 bridgehead atoms. The maximum Gasteiger partial charge on any atom is 0.180 e. The highest BCUT2D eigenvalue weighted by atomic mass is 17.2. The van der Waals surface area contributed by atoms with Crippen LogP contribution in [0, 0.1) is 0 Å². The fourth-order valence-electron chi connectivity index (χ4n) is 1.83. The van der Waals surface area contributed by atoms with Crippen LogP contribution in [0.25, 0.3) is 0 Å². The Kier molecular flexibility index (Phi) is 6.78. The second-order valence-electron chi connectivity index (χ2n) is 5.55. The summed E-state index contributed by atoms with van der Waals surface area (Å²) >= 11 is 0. The third kappa shape index (κ3) is 8.36. The molecule has 0 atom stereocenters. The van der Waals surface area contributed by atoms with Crippen molar-refractivity contribution in [2.24, 2.45) is 0 Å². The molecule has 0 saturated carbocycles. The van der Waals surface area contributed by atoms with Crippen molar-refractivity contribution in [1.29, 1.82) is 0 Å². The summed E-state index contributed by atoms with van der Waals surface area (Å²) in [5.41, 5.74) is 1.34. The van der Waals surface area contributed by atoms with Crippen molar-refractivity contribution in [1.82, 2.24) is 0 Å². The molecule has 0 aliphatic heterocycles. The lowest BCUT2D eigenvalue weighted by molar-refractivity contribution is -0.380. The van der Waals surface area contributed by atoms with Crippen LogP contribution < -0.4 is 0 Å². The molecule has 100 valence electrons. The molecule has 0 radical (unpaired) electrons. The van der Waals surface area contributed by atoms with Crippen molar-refractivity contribution < 1.29 is 14.5 Å². The molecule has 0 aromatic heterocycles. The molecule has 17 heavy (non-hydrogen) atoms. The predicted octanol–water partition coefficient (Wildman–Crippen LogP) is 3.99. The average molecular weight is 242 g/mol. The van der Waals surface area contributed by atoms with Crippen molar-refractivity contribution in [3.63, 3.8) is 0 Å². The van der Waals surface area contributed by atoms with Crippen molar-refractivity contribution in [3.8, 4) is 0 Å². The summed E-state index contributed by atoms with van der Waals surface area (Å²) in [7, 11) is 0. The molecule has 1 aliphatic carbocycles. The van der Waals surface area contributed by atoms with Crippen LogP contribution in [0.15, 0.2) is 11.6 Å². The van der Waals surface area contributed by atoms with Crippen molar-refractivity contribution in [2.75, 3.05) is 13.4 Å². The minimum Gasteiger partial charge on any atom is -0.352 e. The molecule has 3 nitrogen and oxygen atoms in total. The minimum absolute atomic E-state index is 0.219. The highest BCUT2D eigenvalue weighted by Crippen LogP contribution is 2.21. The standard InChI is InChI=1S/C14H26O3/c1-14(2,3)17-16-12-15-11-7-10-13-8-5-4-6-9-13/h8H,4-7,9-12H2,1-3H3. The maximum absolute atomic E-state index is 5.35. The van der Waals surface area contributed by atoms with E-state index >= 15 is 0 Å². The third-order valence-electron chi connectivity index (χ3n) is 2.61. The Labute approximate surface area is 105 Å². The number of allylic oxidation sites excluding steroid dienone is 2. The summed E-state index contributed by atoms with van der Waals surface area (Å²) in [4.78, 5) is 10.0. The zero-order valence-corrected chi connectivity index (χ0v) is 11.5. The van der Waals surface area contributed by atoms with Gasteiger partial charge in [-0.2, -0.15) is 0 Å². The Morgan fingerprint density at radius 3 is 2.71 bits per heavy atom. The first-order chi connectivity index (χ1) is 8.08. The van der Waals surface area contributed by atoms with E-state index in [0.717, 1.165) is 13.0 Å². The van der Waals surface area contributed by atoms with Crippen molar-refractivity contribution in [2.45, 2.75) is 64.9 Å². The summed E-state index contributed by atoms with van der Waals surface area (Å²) in [6.07, 6.45) is 9.89. The van der Waals surface area contributed by atoms with Gasteiger partial charge in [-0.3, -0.25) is 0 Å². The molecule has 1 rings (SSSR count). The Balaban J connectivity index is 1.89. The van der Waals surface area contributed by atoms with Gasteiger partial charge in [0.2, 0.25) is 0 Å². The van der Waals surface area contributed by atoms with E-state index in [2.05, 4.69) is 6.08 Å². The van der Waals surface area contributed by atoms with Gasteiger partial charge in [-0.1, -0.05) is 11.6 Å². The number of rotatable bonds is 7. The van der Waals surface area contributed by atoms with E-state index in [-0.39, 0.29) is 12.4 Å². The van der Waals surface area contributed by atoms with Crippen LogP contribution in [-0.2, 0) is 14.5 Å². The maximum atomic E-state index is 5.35. The Morgan fingerprint density at radius 2 is 2.06 bits per heavy atom. The zero-order valence-electron chi connectivity index (χ0n) is 11.5. The molecular weight excluding hydrogens is 216 g/mol. The van der Waals surface area contributed by atoms with E-state index in [1.807, 2.05) is 20.8 Å². The molecule has 0 amide bonds. The third-order valence-corrected chi connectivity index (χ3v) is 2.61. The molecule has 3 heteroatoms. The molecule has 0 fully saturated rings. The van der Waals surface area contributed by atoms with E-state index in [9.17, 15) is 0 Å². The smallest absolute Gasteiger partial charge is 0.180 e. The average Bonchev–Trinajstić information content (AvgIpc) is 2.28. The normalized spacial score (nSPS) is 17.0. The highest BCUT2D eigenvalue weighted by Gasteiger charge is 2.10. The molecular formula is C14H26O3. The van der Waals surface area contributed by atoms with Crippen LogP contribution in [0.5, 0.6) is 0 Å². The topological polar surface area (TPSA) is 27.7 Å². The fourth-order valence-corrected chi connectivity index (χ4v) is 1.83. The summed E-state index contributed by atoms with van der Waals surface area (Å²) in [6.45, 7) is 6.80. The van der Waals surface area contributed by atoms with Crippen LogP contribution in [-0.4, -0.2) is 19.0 Å². The first kappa shape index (κ1) is 14.7. The minimum atomic E-state index is -0.268. The lowest BCUT2D eigenvalue weighted by Gasteiger charge is -2.17. The lowest BCUT2D eigenvalue weighted by atomic mass is 9.96. The van der Waals surface area contributed by atoms with Crippen molar-refractivity contribution >= 4 is 0 Å². The van der Waals surface area contributed by atoms with Gasteiger partial charge < -0.3 is 4.74 Å². The van der Waals surface area contributed by atoms with E-state index < -0.39 is 0 Å². The monoisotopic (exact) mass is 242 g/mol. The molecule has 0 aromatic rings. The Bertz CT molecular complexity index is 228. The molecule has 0 unspecified atom stereocenters. The number of hydrogen-bond acceptors (Lipinski definition) is 3. The van der Waals surface area contributed by atoms with Gasteiger partial charge in [0.1, 0.15) is 0 Å². The molecule has 0 heterocycles. The van der Waals surface area contributed by atoms with Crippen LogP contribution >= 0.6 is 0 Å². The quantitative estimate of drug-likeness (QED) is 0.222. The summed E-state index contributed by atoms with van der Waals surface area (Å²) in [5.74, 6) is 0. The lowest BCUT2D eigenvalue weighted by Crippen LogP contribution is -2.20. The highest BCUT2D eigenvalue weighted by molar-refractivity contribution is 5.04. The predicted molar refractivity (Wildman–Crippen MR) is 68.5 cm³/mol. The van der Waals surface area contributed by atoms with Gasteiger partial charge in [-0.05, 0) is 59.3 Å². The first-order valence-corrected chi connectivity index (χ1v) is 6.64. The SMILES string of the molecule is CC(C)(C)OOCOCCCC1=CCCCC1. The van der Waals surface area contributed by atoms with Crippen LogP contribution in [0.3, 0.4) is 0 Å². The summed E-state index contributed by atoms with van der Waals surface area (Å²) in [5, 5.41) is 0.